The zero-order valence-corrected chi connectivity index (χ0v) is 13.3. The van der Waals surface area contributed by atoms with Crippen molar-refractivity contribution in [3.8, 4) is 0 Å². The first-order valence-electron chi connectivity index (χ1n) is 6.35. The van der Waals surface area contributed by atoms with Gasteiger partial charge in [0.2, 0.25) is 0 Å². The molecule has 0 radical (unpaired) electrons. The molecule has 3 heteroatoms. The first kappa shape index (κ1) is 13.5. The van der Waals surface area contributed by atoms with Crippen LogP contribution >= 0.6 is 27.5 Å². The Labute approximate surface area is 131 Å². The summed E-state index contributed by atoms with van der Waals surface area (Å²) in [6, 6.07) is 14.1. The molecule has 0 atom stereocenters. The average molecular weight is 347 g/mol. The summed E-state index contributed by atoms with van der Waals surface area (Å²) < 4.78 is 1.08. The predicted octanol–water partition coefficient (Wildman–Crippen LogP) is 6.06. The van der Waals surface area contributed by atoms with E-state index < -0.39 is 0 Å². The number of aromatic nitrogens is 1. The standard InChI is InChI=1S/C17H13BrClN/c1-11-15-8-5-13(18)10-17(15)20-16(11)9-4-12-2-6-14(19)7-3-12/h2-10,20H,1H3. The van der Waals surface area contributed by atoms with Crippen LogP contribution in [0.2, 0.25) is 5.02 Å². The third-order valence-corrected chi connectivity index (χ3v) is 4.12. The quantitative estimate of drug-likeness (QED) is 0.580. The summed E-state index contributed by atoms with van der Waals surface area (Å²) in [7, 11) is 0. The van der Waals surface area contributed by atoms with Gasteiger partial charge >= 0.3 is 0 Å². The summed E-state index contributed by atoms with van der Waals surface area (Å²) in [5, 5.41) is 2.01. The Morgan fingerprint density at radius 1 is 1.05 bits per heavy atom. The molecule has 3 rings (SSSR count). The van der Waals surface area contributed by atoms with Gasteiger partial charge in [-0.15, -0.1) is 0 Å². The van der Waals surface area contributed by atoms with E-state index in [1.807, 2.05) is 24.3 Å². The number of hydrogen-bond donors (Lipinski definition) is 1. The fourth-order valence-electron chi connectivity index (χ4n) is 2.25. The molecule has 0 aliphatic heterocycles. The van der Waals surface area contributed by atoms with Crippen molar-refractivity contribution in [2.75, 3.05) is 0 Å². The maximum Gasteiger partial charge on any atom is 0.0472 e. The normalized spacial score (nSPS) is 11.6. The van der Waals surface area contributed by atoms with E-state index in [0.29, 0.717) is 0 Å². The highest BCUT2D eigenvalue weighted by molar-refractivity contribution is 9.10. The minimum absolute atomic E-state index is 0.758. The third-order valence-electron chi connectivity index (χ3n) is 3.37. The maximum absolute atomic E-state index is 5.89. The molecule has 100 valence electrons. The zero-order chi connectivity index (χ0) is 14.1. The van der Waals surface area contributed by atoms with E-state index in [1.54, 1.807) is 0 Å². The molecule has 0 aliphatic carbocycles. The smallest absolute Gasteiger partial charge is 0.0472 e. The summed E-state index contributed by atoms with van der Waals surface area (Å²) in [4.78, 5) is 3.44. The number of halogens is 2. The summed E-state index contributed by atoms with van der Waals surface area (Å²) >= 11 is 9.39. The van der Waals surface area contributed by atoms with Crippen molar-refractivity contribution in [1.82, 2.24) is 4.98 Å². The lowest BCUT2D eigenvalue weighted by molar-refractivity contribution is 1.38. The Balaban J connectivity index is 1.98. The number of H-pyrrole nitrogens is 1. The molecule has 0 fully saturated rings. The van der Waals surface area contributed by atoms with Crippen LogP contribution in [0.25, 0.3) is 23.1 Å². The van der Waals surface area contributed by atoms with E-state index in [0.717, 1.165) is 26.3 Å². The van der Waals surface area contributed by atoms with E-state index in [9.17, 15) is 0 Å². The lowest BCUT2D eigenvalue weighted by atomic mass is 10.1. The molecular formula is C17H13BrClN. The summed E-state index contributed by atoms with van der Waals surface area (Å²) in [6.45, 7) is 2.13. The molecule has 0 unspecified atom stereocenters. The molecule has 1 nitrogen and oxygen atoms in total. The van der Waals surface area contributed by atoms with Crippen molar-refractivity contribution in [3.05, 3.63) is 68.8 Å². The Morgan fingerprint density at radius 3 is 2.55 bits per heavy atom. The maximum atomic E-state index is 5.89. The van der Waals surface area contributed by atoms with Gasteiger partial charge in [-0.1, -0.05) is 51.8 Å². The SMILES string of the molecule is Cc1c(C=Cc2ccc(Cl)cc2)[nH]c2cc(Br)ccc12. The van der Waals surface area contributed by atoms with Crippen LogP contribution in [0.4, 0.5) is 0 Å². The first-order chi connectivity index (χ1) is 9.63. The van der Waals surface area contributed by atoms with Crippen LogP contribution in [0.15, 0.2) is 46.9 Å². The number of benzene rings is 2. The molecule has 3 aromatic rings. The molecule has 1 N–H and O–H groups in total. The fourth-order valence-corrected chi connectivity index (χ4v) is 2.74. The zero-order valence-electron chi connectivity index (χ0n) is 11.0. The van der Waals surface area contributed by atoms with Crippen LogP contribution in [0.3, 0.4) is 0 Å². The number of aromatic amines is 1. The number of fused-ring (bicyclic) bond motifs is 1. The van der Waals surface area contributed by atoms with Crippen molar-refractivity contribution in [3.63, 3.8) is 0 Å². The summed E-state index contributed by atoms with van der Waals surface area (Å²) in [5.74, 6) is 0. The van der Waals surface area contributed by atoms with Crippen LogP contribution in [0, 0.1) is 6.92 Å². The van der Waals surface area contributed by atoms with Crippen molar-refractivity contribution in [2.24, 2.45) is 0 Å². The van der Waals surface area contributed by atoms with Crippen LogP contribution < -0.4 is 0 Å². The van der Waals surface area contributed by atoms with E-state index in [2.05, 4.69) is 58.2 Å². The molecule has 0 saturated carbocycles. The van der Waals surface area contributed by atoms with E-state index >= 15 is 0 Å². The van der Waals surface area contributed by atoms with Crippen LogP contribution in [0.1, 0.15) is 16.8 Å². The number of nitrogens with one attached hydrogen (secondary N) is 1. The number of aryl methyl sites for hydroxylation is 1. The van der Waals surface area contributed by atoms with E-state index in [1.165, 1.54) is 10.9 Å². The largest absolute Gasteiger partial charge is 0.355 e. The molecule has 0 amide bonds. The van der Waals surface area contributed by atoms with Gasteiger partial charge in [0, 0.05) is 26.1 Å². The second-order valence-corrected chi connectivity index (χ2v) is 6.09. The first-order valence-corrected chi connectivity index (χ1v) is 7.52. The van der Waals surface area contributed by atoms with Gasteiger partial charge in [-0.2, -0.15) is 0 Å². The Bertz CT molecular complexity index is 785. The average Bonchev–Trinajstić information content (AvgIpc) is 2.74. The lowest BCUT2D eigenvalue weighted by Crippen LogP contribution is -1.75. The molecular weight excluding hydrogens is 334 g/mol. The molecule has 0 aliphatic rings. The van der Waals surface area contributed by atoms with E-state index in [4.69, 9.17) is 11.6 Å². The molecule has 0 spiro atoms. The fraction of sp³-hybridized carbons (Fsp3) is 0.0588. The third kappa shape index (κ3) is 2.67. The highest BCUT2D eigenvalue weighted by Gasteiger charge is 2.05. The highest BCUT2D eigenvalue weighted by atomic mass is 79.9. The minimum Gasteiger partial charge on any atom is -0.355 e. The molecule has 1 heterocycles. The summed E-state index contributed by atoms with van der Waals surface area (Å²) in [5.41, 5.74) is 4.67. The van der Waals surface area contributed by atoms with Crippen LogP contribution in [-0.4, -0.2) is 4.98 Å². The van der Waals surface area contributed by atoms with Gasteiger partial charge in [0.25, 0.3) is 0 Å². The monoisotopic (exact) mass is 345 g/mol. The van der Waals surface area contributed by atoms with Gasteiger partial charge < -0.3 is 4.98 Å². The van der Waals surface area contributed by atoms with Gasteiger partial charge in [0.15, 0.2) is 0 Å². The van der Waals surface area contributed by atoms with Crippen LogP contribution in [-0.2, 0) is 0 Å². The van der Waals surface area contributed by atoms with Crippen molar-refractivity contribution in [1.29, 1.82) is 0 Å². The molecule has 2 aromatic carbocycles. The van der Waals surface area contributed by atoms with Gasteiger partial charge in [0.1, 0.15) is 0 Å². The van der Waals surface area contributed by atoms with Gasteiger partial charge in [0.05, 0.1) is 0 Å². The Hall–Kier alpha value is -1.51. The number of hydrogen-bond acceptors (Lipinski definition) is 0. The Kier molecular flexibility index (Phi) is 3.68. The summed E-state index contributed by atoms with van der Waals surface area (Å²) in [6.07, 6.45) is 4.19. The van der Waals surface area contributed by atoms with Crippen LogP contribution in [0.5, 0.6) is 0 Å². The second kappa shape index (κ2) is 5.47. The van der Waals surface area contributed by atoms with Crippen molar-refractivity contribution in [2.45, 2.75) is 6.92 Å². The van der Waals surface area contributed by atoms with Gasteiger partial charge in [-0.05, 0) is 48.4 Å². The predicted molar refractivity (Wildman–Crippen MR) is 91.1 cm³/mol. The topological polar surface area (TPSA) is 15.8 Å². The molecule has 20 heavy (non-hydrogen) atoms. The lowest BCUT2D eigenvalue weighted by Gasteiger charge is -1.94. The minimum atomic E-state index is 0.758. The molecule has 1 aromatic heterocycles. The van der Waals surface area contributed by atoms with Gasteiger partial charge in [-0.3, -0.25) is 0 Å². The molecule has 0 saturated heterocycles. The Morgan fingerprint density at radius 2 is 1.80 bits per heavy atom. The number of rotatable bonds is 2. The van der Waals surface area contributed by atoms with Gasteiger partial charge in [-0.25, -0.2) is 0 Å². The highest BCUT2D eigenvalue weighted by Crippen LogP contribution is 2.26. The van der Waals surface area contributed by atoms with E-state index in [-0.39, 0.29) is 0 Å². The molecule has 0 bridgehead atoms. The second-order valence-electron chi connectivity index (χ2n) is 4.74. The van der Waals surface area contributed by atoms with Crippen molar-refractivity contribution >= 4 is 50.6 Å². The van der Waals surface area contributed by atoms with Crippen molar-refractivity contribution < 1.29 is 0 Å².